The third-order valence-corrected chi connectivity index (χ3v) is 10.6. The second-order valence-corrected chi connectivity index (χ2v) is 14.5. The fraction of sp³-hybridized carbons (Fsp3) is 0.318. The molecule has 2 fully saturated rings. The third kappa shape index (κ3) is 9.43. The van der Waals surface area contributed by atoms with Gasteiger partial charge < -0.3 is 19.3 Å². The Balaban J connectivity index is 1.13. The molecule has 1 saturated heterocycles. The summed E-state index contributed by atoms with van der Waals surface area (Å²) in [7, 11) is 0. The number of ether oxygens (including phenoxy) is 2. The van der Waals surface area contributed by atoms with Crippen LogP contribution in [0.3, 0.4) is 0 Å². The van der Waals surface area contributed by atoms with Crippen LogP contribution < -0.4 is 9.64 Å². The maximum Gasteiger partial charge on any atom is 0.258 e. The summed E-state index contributed by atoms with van der Waals surface area (Å²) in [6.07, 6.45) is 3.40. The van der Waals surface area contributed by atoms with Crippen molar-refractivity contribution in [2.24, 2.45) is 5.92 Å². The second-order valence-electron chi connectivity index (χ2n) is 14.0. The van der Waals surface area contributed by atoms with Crippen molar-refractivity contribution in [2.45, 2.75) is 38.3 Å². The summed E-state index contributed by atoms with van der Waals surface area (Å²) in [4.78, 5) is 34.8. The highest BCUT2D eigenvalue weighted by atomic mass is 35.5. The average molecular weight is 734 g/mol. The molecule has 0 bridgehead atoms. The number of anilines is 1. The van der Waals surface area contributed by atoms with E-state index in [1.54, 1.807) is 4.90 Å². The van der Waals surface area contributed by atoms with E-state index in [0.29, 0.717) is 47.3 Å². The van der Waals surface area contributed by atoms with Crippen LogP contribution in [0.5, 0.6) is 5.75 Å². The molecule has 53 heavy (non-hydrogen) atoms. The van der Waals surface area contributed by atoms with Crippen LogP contribution in [-0.2, 0) is 11.3 Å². The predicted octanol–water partition coefficient (Wildman–Crippen LogP) is 8.89. The number of morpholine rings is 1. The van der Waals surface area contributed by atoms with E-state index in [2.05, 4.69) is 4.90 Å². The highest BCUT2D eigenvalue weighted by molar-refractivity contribution is 6.30. The zero-order valence-electron chi connectivity index (χ0n) is 29.8. The zero-order valence-corrected chi connectivity index (χ0v) is 30.6. The first-order valence-corrected chi connectivity index (χ1v) is 18.9. The molecule has 1 aliphatic heterocycles. The summed E-state index contributed by atoms with van der Waals surface area (Å²) >= 11 is 6.40. The number of nitrogens with zero attached hydrogens (tertiary/aromatic N) is 3. The van der Waals surface area contributed by atoms with Crippen molar-refractivity contribution in [3.05, 3.63) is 143 Å². The minimum absolute atomic E-state index is 0.0254. The van der Waals surface area contributed by atoms with Crippen molar-refractivity contribution in [2.75, 3.05) is 50.9 Å². The average Bonchev–Trinajstić information content (AvgIpc) is 3.19. The molecule has 1 heterocycles. The third-order valence-electron chi connectivity index (χ3n) is 10.4. The van der Waals surface area contributed by atoms with Gasteiger partial charge in [-0.25, -0.2) is 4.39 Å². The molecule has 2 amide bonds. The molecule has 5 aromatic carbocycles. The van der Waals surface area contributed by atoms with Crippen LogP contribution in [0.4, 0.5) is 10.1 Å². The molecule has 5 aromatic rings. The SMILES string of the molecule is O=C(c1ccc(F)cc1)N(CC1CCCC(N(Cc2cccc(Cl)c2)C(=O)c2ccc3ccccc3c2)C1)c1cccc(OCCN2CCOCC2)c1. The van der Waals surface area contributed by atoms with Gasteiger partial charge in [-0.1, -0.05) is 66.6 Å². The lowest BCUT2D eigenvalue weighted by Gasteiger charge is -2.39. The Bertz CT molecular complexity index is 2020. The summed E-state index contributed by atoms with van der Waals surface area (Å²) in [6, 6.07) is 34.9. The number of benzene rings is 5. The lowest BCUT2D eigenvalue weighted by molar-refractivity contribution is 0.0322. The summed E-state index contributed by atoms with van der Waals surface area (Å²) in [6.45, 7) is 5.41. The van der Waals surface area contributed by atoms with Crippen molar-refractivity contribution in [3.63, 3.8) is 0 Å². The Morgan fingerprint density at radius 3 is 2.40 bits per heavy atom. The first kappa shape index (κ1) is 36.6. The molecule has 2 aliphatic rings. The van der Waals surface area contributed by atoms with Crippen LogP contribution in [0.1, 0.15) is 52.0 Å². The maximum atomic E-state index is 14.4. The standard InChI is InChI=1S/C44H45ClFN3O4/c45-38-10-3-6-32(26-38)30-48(44(51)37-15-14-34-8-1-2-9-36(34)28-37)40-11-4-7-33(27-40)31-49(43(50)35-16-18-39(46)19-17-35)41-12-5-13-42(29-41)53-25-22-47-20-23-52-24-21-47/h1-3,5-6,8-10,12-19,26,28-29,33,40H,4,7,11,20-25,27,30-31H2. The van der Waals surface area contributed by atoms with Gasteiger partial charge in [-0.3, -0.25) is 14.5 Å². The largest absolute Gasteiger partial charge is 0.492 e. The summed E-state index contributed by atoms with van der Waals surface area (Å²) < 4.78 is 25.6. The van der Waals surface area contributed by atoms with E-state index < -0.39 is 5.82 Å². The molecule has 1 aliphatic carbocycles. The quantitative estimate of drug-likeness (QED) is 0.128. The molecule has 7 nitrogen and oxygen atoms in total. The summed E-state index contributed by atoms with van der Waals surface area (Å²) in [5.74, 6) is 0.163. The number of hydrogen-bond acceptors (Lipinski definition) is 5. The van der Waals surface area contributed by atoms with Gasteiger partial charge in [0.2, 0.25) is 0 Å². The van der Waals surface area contributed by atoms with Gasteiger partial charge in [-0.15, -0.1) is 0 Å². The van der Waals surface area contributed by atoms with Crippen LogP contribution in [0, 0.1) is 11.7 Å². The Hall–Kier alpha value is -4.76. The molecule has 2 unspecified atom stereocenters. The molecule has 0 spiro atoms. The molecule has 0 aromatic heterocycles. The van der Waals surface area contributed by atoms with E-state index in [9.17, 15) is 14.0 Å². The van der Waals surface area contributed by atoms with Gasteiger partial charge >= 0.3 is 0 Å². The van der Waals surface area contributed by atoms with Crippen molar-refractivity contribution in [1.29, 1.82) is 0 Å². The van der Waals surface area contributed by atoms with Gasteiger partial charge in [0.25, 0.3) is 11.8 Å². The van der Waals surface area contributed by atoms with Crippen molar-refractivity contribution in [3.8, 4) is 5.75 Å². The Morgan fingerprint density at radius 2 is 1.58 bits per heavy atom. The zero-order chi connectivity index (χ0) is 36.6. The lowest BCUT2D eigenvalue weighted by atomic mass is 9.83. The predicted molar refractivity (Wildman–Crippen MR) is 208 cm³/mol. The lowest BCUT2D eigenvalue weighted by Crippen LogP contribution is -2.45. The van der Waals surface area contributed by atoms with Crippen LogP contribution >= 0.6 is 11.6 Å². The molecular weight excluding hydrogens is 689 g/mol. The molecule has 1 saturated carbocycles. The number of carbonyl (C=O) groups is 2. The Kier molecular flexibility index (Phi) is 12.0. The van der Waals surface area contributed by atoms with Gasteiger partial charge in [0.15, 0.2) is 0 Å². The number of carbonyl (C=O) groups excluding carboxylic acids is 2. The highest BCUT2D eigenvalue weighted by Crippen LogP contribution is 2.33. The number of halogens is 2. The highest BCUT2D eigenvalue weighted by Gasteiger charge is 2.33. The molecule has 2 atom stereocenters. The monoisotopic (exact) mass is 733 g/mol. The van der Waals surface area contributed by atoms with Gasteiger partial charge in [-0.05, 0) is 102 Å². The van der Waals surface area contributed by atoms with Gasteiger partial charge in [0, 0.05) is 66.7 Å². The van der Waals surface area contributed by atoms with E-state index in [0.717, 1.165) is 74.9 Å². The number of rotatable bonds is 12. The molecule has 0 radical (unpaired) electrons. The van der Waals surface area contributed by atoms with Crippen molar-refractivity contribution < 1.29 is 23.5 Å². The first-order chi connectivity index (χ1) is 25.9. The molecular formula is C44H45ClFN3O4. The van der Waals surface area contributed by atoms with Crippen molar-refractivity contribution >= 4 is 39.9 Å². The summed E-state index contributed by atoms with van der Waals surface area (Å²) in [5, 5.41) is 2.73. The fourth-order valence-corrected chi connectivity index (χ4v) is 7.78. The molecule has 7 rings (SSSR count). The minimum Gasteiger partial charge on any atom is -0.492 e. The number of fused-ring (bicyclic) bond motifs is 1. The van der Waals surface area contributed by atoms with Crippen LogP contribution in [0.25, 0.3) is 10.8 Å². The Morgan fingerprint density at radius 1 is 0.811 bits per heavy atom. The Labute approximate surface area is 315 Å². The van der Waals surface area contributed by atoms with Gasteiger partial charge in [0.1, 0.15) is 18.2 Å². The van der Waals surface area contributed by atoms with E-state index in [4.69, 9.17) is 21.1 Å². The van der Waals surface area contributed by atoms with Gasteiger partial charge in [0.05, 0.1) is 13.2 Å². The van der Waals surface area contributed by atoms with Crippen LogP contribution in [-0.4, -0.2) is 73.7 Å². The van der Waals surface area contributed by atoms with Crippen LogP contribution in [0.15, 0.2) is 115 Å². The summed E-state index contributed by atoms with van der Waals surface area (Å²) in [5.41, 5.74) is 2.73. The second kappa shape index (κ2) is 17.4. The normalized spacial score (nSPS) is 17.7. The van der Waals surface area contributed by atoms with E-state index in [1.807, 2.05) is 95.9 Å². The van der Waals surface area contributed by atoms with E-state index in [1.165, 1.54) is 24.3 Å². The van der Waals surface area contributed by atoms with Crippen molar-refractivity contribution in [1.82, 2.24) is 9.80 Å². The minimum atomic E-state index is -0.394. The topological polar surface area (TPSA) is 62.3 Å². The van der Waals surface area contributed by atoms with E-state index >= 15 is 0 Å². The maximum absolute atomic E-state index is 14.4. The molecule has 0 N–H and O–H groups in total. The molecule has 274 valence electrons. The van der Waals surface area contributed by atoms with Gasteiger partial charge in [-0.2, -0.15) is 0 Å². The smallest absolute Gasteiger partial charge is 0.258 e. The van der Waals surface area contributed by atoms with Crippen LogP contribution in [0.2, 0.25) is 5.02 Å². The first-order valence-electron chi connectivity index (χ1n) is 18.5. The van der Waals surface area contributed by atoms with E-state index in [-0.39, 0.29) is 23.8 Å². The number of hydrogen-bond donors (Lipinski definition) is 0. The fourth-order valence-electron chi connectivity index (χ4n) is 7.57. The molecule has 9 heteroatoms. The number of amides is 2.